The Labute approximate surface area is 275 Å². The zero-order chi connectivity index (χ0) is 32.2. The molecule has 2 amide bonds. The Bertz CT molecular complexity index is 633. The number of carbonyl (C=O) groups is 2. The predicted molar refractivity (Wildman–Crippen MR) is 194 cm³/mol. The van der Waals surface area contributed by atoms with Crippen molar-refractivity contribution in [3.8, 4) is 0 Å². The molecule has 4 nitrogen and oxygen atoms in total. The van der Waals surface area contributed by atoms with Crippen LogP contribution in [0, 0.1) is 0 Å². The second kappa shape index (κ2) is 36.2. The average Bonchev–Trinajstić information content (AvgIpc) is 3.01. The molecule has 0 saturated carbocycles. The quantitative estimate of drug-likeness (QED) is 0.0541. The standard InChI is InChI=1S/C40H78N2O2/c1-3-5-7-9-11-13-15-17-19-20-21-22-23-25-27-29-31-33-35-37-39(43)42-38(40(41)44)36-34-32-30-28-26-24-18-16-14-12-10-8-6-4-2/h17,19,38H,3-16,18,20-37H2,1-2H3,(H2,41,44)(H,42,43)/b19-17-. The molecule has 0 aliphatic carbocycles. The van der Waals surface area contributed by atoms with E-state index in [1.54, 1.807) is 0 Å². The van der Waals surface area contributed by atoms with Crippen molar-refractivity contribution in [1.82, 2.24) is 5.32 Å². The van der Waals surface area contributed by atoms with Crippen molar-refractivity contribution in [2.45, 2.75) is 232 Å². The van der Waals surface area contributed by atoms with Gasteiger partial charge in [-0.15, -0.1) is 0 Å². The molecule has 0 aromatic heterocycles. The van der Waals surface area contributed by atoms with E-state index in [1.165, 1.54) is 173 Å². The zero-order valence-electron chi connectivity index (χ0n) is 30.0. The number of nitrogens with one attached hydrogen (secondary N) is 1. The third-order valence-electron chi connectivity index (χ3n) is 9.19. The lowest BCUT2D eigenvalue weighted by molar-refractivity contribution is -0.127. The largest absolute Gasteiger partial charge is 0.368 e. The van der Waals surface area contributed by atoms with Crippen molar-refractivity contribution in [1.29, 1.82) is 0 Å². The van der Waals surface area contributed by atoms with Crippen LogP contribution in [0.25, 0.3) is 0 Å². The van der Waals surface area contributed by atoms with Gasteiger partial charge in [0.05, 0.1) is 0 Å². The van der Waals surface area contributed by atoms with Gasteiger partial charge in [0.2, 0.25) is 11.8 Å². The number of hydrogen-bond donors (Lipinski definition) is 2. The molecule has 0 spiro atoms. The highest BCUT2D eigenvalue weighted by Gasteiger charge is 2.17. The van der Waals surface area contributed by atoms with Crippen LogP contribution in [0.15, 0.2) is 12.2 Å². The molecule has 4 heteroatoms. The summed E-state index contributed by atoms with van der Waals surface area (Å²) in [5.41, 5.74) is 5.59. The summed E-state index contributed by atoms with van der Waals surface area (Å²) >= 11 is 0. The minimum absolute atomic E-state index is 0.0137. The number of hydrogen-bond acceptors (Lipinski definition) is 2. The van der Waals surface area contributed by atoms with Crippen molar-refractivity contribution in [3.63, 3.8) is 0 Å². The van der Waals surface area contributed by atoms with Crippen molar-refractivity contribution < 1.29 is 9.59 Å². The molecule has 1 unspecified atom stereocenters. The molecule has 0 aromatic carbocycles. The highest BCUT2D eigenvalue weighted by Crippen LogP contribution is 2.15. The van der Waals surface area contributed by atoms with E-state index >= 15 is 0 Å². The fourth-order valence-corrected chi connectivity index (χ4v) is 6.16. The molecule has 0 heterocycles. The van der Waals surface area contributed by atoms with Crippen molar-refractivity contribution in [3.05, 3.63) is 12.2 Å². The Morgan fingerprint density at radius 1 is 0.477 bits per heavy atom. The monoisotopic (exact) mass is 619 g/mol. The van der Waals surface area contributed by atoms with Crippen LogP contribution in [0.5, 0.6) is 0 Å². The first-order valence-corrected chi connectivity index (χ1v) is 19.9. The Hall–Kier alpha value is -1.32. The highest BCUT2D eigenvalue weighted by molar-refractivity contribution is 5.86. The van der Waals surface area contributed by atoms with Gasteiger partial charge in [0, 0.05) is 6.42 Å². The summed E-state index contributed by atoms with van der Waals surface area (Å²) in [7, 11) is 0. The number of carbonyl (C=O) groups excluding carboxylic acids is 2. The van der Waals surface area contributed by atoms with Crippen LogP contribution in [-0.2, 0) is 9.59 Å². The van der Waals surface area contributed by atoms with E-state index in [4.69, 9.17) is 5.73 Å². The van der Waals surface area contributed by atoms with Crippen LogP contribution < -0.4 is 11.1 Å². The number of rotatable bonds is 36. The number of amides is 2. The highest BCUT2D eigenvalue weighted by atomic mass is 16.2. The average molecular weight is 619 g/mol. The maximum Gasteiger partial charge on any atom is 0.239 e. The molecule has 0 aliphatic rings. The number of unbranched alkanes of at least 4 members (excludes halogenated alkanes) is 28. The summed E-state index contributed by atoms with van der Waals surface area (Å²) in [5, 5.41) is 2.90. The number of nitrogens with two attached hydrogens (primary N) is 1. The summed E-state index contributed by atoms with van der Waals surface area (Å²) < 4.78 is 0. The summed E-state index contributed by atoms with van der Waals surface area (Å²) in [6.07, 6.45) is 46.3. The third-order valence-corrected chi connectivity index (χ3v) is 9.19. The van der Waals surface area contributed by atoms with Gasteiger partial charge in [0.1, 0.15) is 6.04 Å². The lowest BCUT2D eigenvalue weighted by atomic mass is 10.0. The minimum atomic E-state index is -0.504. The van der Waals surface area contributed by atoms with Crippen LogP contribution in [0.1, 0.15) is 226 Å². The molecule has 0 rings (SSSR count). The number of allylic oxidation sites excluding steroid dienone is 2. The first-order valence-electron chi connectivity index (χ1n) is 19.9. The first-order chi connectivity index (χ1) is 21.6. The lowest BCUT2D eigenvalue weighted by Gasteiger charge is -2.15. The normalized spacial score (nSPS) is 12.2. The van der Waals surface area contributed by atoms with Crippen LogP contribution in [0.4, 0.5) is 0 Å². The van der Waals surface area contributed by atoms with Crippen LogP contribution >= 0.6 is 0 Å². The van der Waals surface area contributed by atoms with Gasteiger partial charge in [-0.25, -0.2) is 0 Å². The van der Waals surface area contributed by atoms with Gasteiger partial charge in [-0.2, -0.15) is 0 Å². The molecule has 3 N–H and O–H groups in total. The van der Waals surface area contributed by atoms with Gasteiger partial charge >= 0.3 is 0 Å². The van der Waals surface area contributed by atoms with E-state index in [1.807, 2.05) is 0 Å². The van der Waals surface area contributed by atoms with Gasteiger partial charge < -0.3 is 11.1 Å². The summed E-state index contributed by atoms with van der Waals surface area (Å²) in [4.78, 5) is 24.2. The van der Waals surface area contributed by atoms with E-state index in [0.717, 1.165) is 25.7 Å². The van der Waals surface area contributed by atoms with E-state index in [0.29, 0.717) is 12.8 Å². The van der Waals surface area contributed by atoms with Gasteiger partial charge in [0.15, 0.2) is 0 Å². The molecule has 1 atom stereocenters. The lowest BCUT2D eigenvalue weighted by Crippen LogP contribution is -2.44. The van der Waals surface area contributed by atoms with Crippen molar-refractivity contribution in [2.75, 3.05) is 0 Å². The fraction of sp³-hybridized carbons (Fsp3) is 0.900. The Kier molecular flexibility index (Phi) is 35.1. The molecule has 0 aromatic rings. The second-order valence-corrected chi connectivity index (χ2v) is 13.7. The van der Waals surface area contributed by atoms with E-state index in [-0.39, 0.29) is 5.91 Å². The molecule has 0 radical (unpaired) electrons. The molecule has 0 aliphatic heterocycles. The Balaban J connectivity index is 3.51. The molecule has 44 heavy (non-hydrogen) atoms. The van der Waals surface area contributed by atoms with Crippen molar-refractivity contribution >= 4 is 11.8 Å². The Morgan fingerprint density at radius 3 is 1.16 bits per heavy atom. The van der Waals surface area contributed by atoms with E-state index in [2.05, 4.69) is 31.3 Å². The molecule has 0 bridgehead atoms. The smallest absolute Gasteiger partial charge is 0.239 e. The topological polar surface area (TPSA) is 72.2 Å². The van der Waals surface area contributed by atoms with Crippen LogP contribution in [-0.4, -0.2) is 17.9 Å². The summed E-state index contributed by atoms with van der Waals surface area (Å²) in [6, 6.07) is -0.504. The van der Waals surface area contributed by atoms with E-state index < -0.39 is 11.9 Å². The van der Waals surface area contributed by atoms with Crippen LogP contribution in [0.2, 0.25) is 0 Å². The third kappa shape index (κ3) is 33.6. The van der Waals surface area contributed by atoms with E-state index in [9.17, 15) is 9.59 Å². The second-order valence-electron chi connectivity index (χ2n) is 13.7. The molecule has 0 saturated heterocycles. The summed E-state index contributed by atoms with van der Waals surface area (Å²) in [5.74, 6) is -0.405. The molecular formula is C40H78N2O2. The van der Waals surface area contributed by atoms with Gasteiger partial charge in [-0.05, 0) is 38.5 Å². The number of primary amides is 1. The fourth-order valence-electron chi connectivity index (χ4n) is 6.16. The predicted octanol–water partition coefficient (Wildman–Crippen LogP) is 12.4. The van der Waals surface area contributed by atoms with Crippen LogP contribution in [0.3, 0.4) is 0 Å². The zero-order valence-corrected chi connectivity index (χ0v) is 30.0. The van der Waals surface area contributed by atoms with Crippen molar-refractivity contribution in [2.24, 2.45) is 5.73 Å². The molecule has 260 valence electrons. The maximum atomic E-state index is 12.4. The Morgan fingerprint density at radius 2 is 0.795 bits per heavy atom. The molecular weight excluding hydrogens is 540 g/mol. The van der Waals surface area contributed by atoms with Gasteiger partial charge in [0.25, 0.3) is 0 Å². The summed E-state index contributed by atoms with van der Waals surface area (Å²) in [6.45, 7) is 4.55. The van der Waals surface area contributed by atoms with Gasteiger partial charge in [-0.1, -0.05) is 193 Å². The minimum Gasteiger partial charge on any atom is -0.368 e. The first kappa shape index (κ1) is 42.7. The molecule has 0 fully saturated rings. The maximum absolute atomic E-state index is 12.4. The van der Waals surface area contributed by atoms with Gasteiger partial charge in [-0.3, -0.25) is 9.59 Å². The SMILES string of the molecule is CCCCCCCC/C=C\CCCCCCCCCCCC(=O)NC(CCCCCCCCCCCCCCCC)C(N)=O.